The molecule has 1 amide bonds. The maximum atomic E-state index is 11.2. The Morgan fingerprint density at radius 1 is 1.28 bits per heavy atom. The van der Waals surface area contributed by atoms with Gasteiger partial charge in [-0.2, -0.15) is 0 Å². The summed E-state index contributed by atoms with van der Waals surface area (Å²) in [5, 5.41) is 11.0. The molecule has 0 aromatic heterocycles. The fourth-order valence-corrected chi connectivity index (χ4v) is 1.35. The highest BCUT2D eigenvalue weighted by molar-refractivity contribution is 5.67. The second-order valence-corrected chi connectivity index (χ2v) is 3.40. The van der Waals surface area contributed by atoms with Crippen LogP contribution in [0.2, 0.25) is 0 Å². The van der Waals surface area contributed by atoms with E-state index in [-0.39, 0.29) is 13.2 Å². The van der Waals surface area contributed by atoms with Crippen molar-refractivity contribution in [3.63, 3.8) is 0 Å². The van der Waals surface area contributed by atoms with Gasteiger partial charge in [0.25, 0.3) is 0 Å². The number of alkyl carbamates (subject to hydrolysis) is 1. The largest absolute Gasteiger partial charge is 0.493 e. The Hall–Kier alpha value is -1.95. The Balaban J connectivity index is 2.55. The number of carbonyl (C=O) groups is 1. The van der Waals surface area contributed by atoms with Crippen molar-refractivity contribution in [3.8, 4) is 11.5 Å². The highest BCUT2D eigenvalue weighted by atomic mass is 16.6. The normalized spacial score (nSPS) is 9.72. The standard InChI is InChI=1S/C12H17NO5/c1-16-10-4-3-9(7-11(10)17-2)8-13-12(15)18-6-5-14/h3-4,7,14H,5-6,8H2,1-2H3,(H,13,15). The van der Waals surface area contributed by atoms with Gasteiger partial charge in [0.15, 0.2) is 11.5 Å². The third-order valence-electron chi connectivity index (χ3n) is 2.21. The Kier molecular flexibility index (Phi) is 5.79. The molecule has 0 spiro atoms. The SMILES string of the molecule is COc1ccc(CNC(=O)OCCO)cc1OC. The van der Waals surface area contributed by atoms with Crippen molar-refractivity contribution in [1.82, 2.24) is 5.32 Å². The number of aliphatic hydroxyl groups is 1. The van der Waals surface area contributed by atoms with Crippen molar-refractivity contribution in [2.24, 2.45) is 0 Å². The summed E-state index contributed by atoms with van der Waals surface area (Å²) in [5.41, 5.74) is 0.855. The maximum absolute atomic E-state index is 11.2. The van der Waals surface area contributed by atoms with Gasteiger partial charge >= 0.3 is 6.09 Å². The Morgan fingerprint density at radius 2 is 2.00 bits per heavy atom. The average Bonchev–Trinajstić information content (AvgIpc) is 2.42. The molecule has 1 rings (SSSR count). The number of rotatable bonds is 6. The van der Waals surface area contributed by atoms with Gasteiger partial charge in [-0.1, -0.05) is 6.07 Å². The number of hydrogen-bond acceptors (Lipinski definition) is 5. The van der Waals surface area contributed by atoms with Crippen molar-refractivity contribution >= 4 is 6.09 Å². The van der Waals surface area contributed by atoms with Gasteiger partial charge in [0.05, 0.1) is 20.8 Å². The van der Waals surface area contributed by atoms with Crippen LogP contribution in [0.4, 0.5) is 4.79 Å². The number of amides is 1. The van der Waals surface area contributed by atoms with E-state index in [9.17, 15) is 4.79 Å². The van der Waals surface area contributed by atoms with Gasteiger partial charge in [-0.05, 0) is 17.7 Å². The van der Waals surface area contributed by atoms with Crippen LogP contribution in [0.5, 0.6) is 11.5 Å². The molecule has 100 valence electrons. The van der Waals surface area contributed by atoms with Crippen LogP contribution >= 0.6 is 0 Å². The Labute approximate surface area is 105 Å². The summed E-state index contributed by atoms with van der Waals surface area (Å²) >= 11 is 0. The molecule has 0 heterocycles. The first-order valence-corrected chi connectivity index (χ1v) is 5.43. The highest BCUT2D eigenvalue weighted by Gasteiger charge is 2.06. The van der Waals surface area contributed by atoms with Gasteiger partial charge in [-0.25, -0.2) is 4.79 Å². The van der Waals surface area contributed by atoms with Crippen LogP contribution in [-0.4, -0.2) is 38.6 Å². The van der Waals surface area contributed by atoms with E-state index < -0.39 is 6.09 Å². The molecule has 0 saturated heterocycles. The first-order chi connectivity index (χ1) is 8.71. The Bertz CT molecular complexity index is 394. The van der Waals surface area contributed by atoms with E-state index in [0.29, 0.717) is 18.0 Å². The molecule has 0 fully saturated rings. The summed E-state index contributed by atoms with van der Waals surface area (Å²) in [4.78, 5) is 11.2. The molecule has 0 bridgehead atoms. The van der Waals surface area contributed by atoms with E-state index in [1.165, 1.54) is 0 Å². The van der Waals surface area contributed by atoms with E-state index in [0.717, 1.165) is 5.56 Å². The lowest BCUT2D eigenvalue weighted by molar-refractivity contribution is 0.119. The monoisotopic (exact) mass is 255 g/mol. The van der Waals surface area contributed by atoms with E-state index in [1.807, 2.05) is 6.07 Å². The number of carbonyl (C=O) groups excluding carboxylic acids is 1. The van der Waals surface area contributed by atoms with Crippen LogP contribution in [-0.2, 0) is 11.3 Å². The lowest BCUT2D eigenvalue weighted by Crippen LogP contribution is -2.24. The zero-order valence-corrected chi connectivity index (χ0v) is 10.4. The minimum Gasteiger partial charge on any atom is -0.493 e. The molecule has 0 unspecified atom stereocenters. The van der Waals surface area contributed by atoms with E-state index in [1.54, 1.807) is 26.4 Å². The van der Waals surface area contributed by atoms with Crippen molar-refractivity contribution in [1.29, 1.82) is 0 Å². The topological polar surface area (TPSA) is 77.0 Å². The molecule has 0 radical (unpaired) electrons. The zero-order valence-electron chi connectivity index (χ0n) is 10.4. The summed E-state index contributed by atoms with van der Waals surface area (Å²) in [7, 11) is 3.10. The fraction of sp³-hybridized carbons (Fsp3) is 0.417. The summed E-state index contributed by atoms with van der Waals surface area (Å²) in [6, 6.07) is 5.34. The van der Waals surface area contributed by atoms with E-state index in [2.05, 4.69) is 10.1 Å². The molecule has 0 saturated carbocycles. The summed E-state index contributed by atoms with van der Waals surface area (Å²) in [6.45, 7) is 0.103. The first-order valence-electron chi connectivity index (χ1n) is 5.43. The van der Waals surface area contributed by atoms with Crippen LogP contribution < -0.4 is 14.8 Å². The third kappa shape index (κ3) is 4.14. The van der Waals surface area contributed by atoms with Gasteiger partial charge in [-0.3, -0.25) is 0 Å². The predicted octanol–water partition coefficient (Wildman–Crippen LogP) is 0.922. The number of hydrogen-bond donors (Lipinski definition) is 2. The molecular formula is C12H17NO5. The number of aliphatic hydroxyl groups excluding tert-OH is 1. The van der Waals surface area contributed by atoms with Crippen molar-refractivity contribution in [2.75, 3.05) is 27.4 Å². The molecule has 0 aliphatic heterocycles. The Morgan fingerprint density at radius 3 is 2.61 bits per heavy atom. The first kappa shape index (κ1) is 14.1. The molecule has 1 aromatic rings. The molecule has 0 aliphatic carbocycles. The molecule has 1 aromatic carbocycles. The maximum Gasteiger partial charge on any atom is 0.407 e. The number of nitrogens with one attached hydrogen (secondary N) is 1. The number of methoxy groups -OCH3 is 2. The summed E-state index contributed by atoms with van der Waals surface area (Å²) in [6.07, 6.45) is -0.571. The molecule has 18 heavy (non-hydrogen) atoms. The molecule has 6 heteroatoms. The van der Waals surface area contributed by atoms with E-state index in [4.69, 9.17) is 14.6 Å². The molecule has 6 nitrogen and oxygen atoms in total. The van der Waals surface area contributed by atoms with Gasteiger partial charge in [0.1, 0.15) is 6.61 Å². The summed E-state index contributed by atoms with van der Waals surface area (Å²) in [5.74, 6) is 1.23. The third-order valence-corrected chi connectivity index (χ3v) is 2.21. The van der Waals surface area contributed by atoms with Crippen LogP contribution in [0, 0.1) is 0 Å². The minimum atomic E-state index is -0.571. The van der Waals surface area contributed by atoms with E-state index >= 15 is 0 Å². The fourth-order valence-electron chi connectivity index (χ4n) is 1.35. The van der Waals surface area contributed by atoms with Gasteiger partial charge in [-0.15, -0.1) is 0 Å². The van der Waals surface area contributed by atoms with Gasteiger partial charge in [0, 0.05) is 6.54 Å². The smallest absolute Gasteiger partial charge is 0.407 e. The second kappa shape index (κ2) is 7.39. The van der Waals surface area contributed by atoms with Crippen molar-refractivity contribution in [2.45, 2.75) is 6.54 Å². The number of ether oxygens (including phenoxy) is 3. The average molecular weight is 255 g/mol. The van der Waals surface area contributed by atoms with Gasteiger partial charge in [0.2, 0.25) is 0 Å². The second-order valence-electron chi connectivity index (χ2n) is 3.40. The van der Waals surface area contributed by atoms with Crippen molar-refractivity contribution in [3.05, 3.63) is 23.8 Å². The molecular weight excluding hydrogens is 238 g/mol. The molecule has 2 N–H and O–H groups in total. The van der Waals surface area contributed by atoms with Crippen LogP contribution in [0.3, 0.4) is 0 Å². The van der Waals surface area contributed by atoms with Crippen molar-refractivity contribution < 1.29 is 24.1 Å². The van der Waals surface area contributed by atoms with Crippen LogP contribution in [0.15, 0.2) is 18.2 Å². The molecule has 0 atom stereocenters. The molecule has 0 aliphatic rings. The zero-order chi connectivity index (χ0) is 13.4. The van der Waals surface area contributed by atoms with Crippen LogP contribution in [0.25, 0.3) is 0 Å². The van der Waals surface area contributed by atoms with Gasteiger partial charge < -0.3 is 24.6 Å². The van der Waals surface area contributed by atoms with Crippen LogP contribution in [0.1, 0.15) is 5.56 Å². The highest BCUT2D eigenvalue weighted by Crippen LogP contribution is 2.27. The summed E-state index contributed by atoms with van der Waals surface area (Å²) < 4.78 is 14.9. The lowest BCUT2D eigenvalue weighted by Gasteiger charge is -2.10. The lowest BCUT2D eigenvalue weighted by atomic mass is 10.2. The quantitative estimate of drug-likeness (QED) is 0.790. The number of benzene rings is 1. The predicted molar refractivity (Wildman–Crippen MR) is 64.8 cm³/mol. The minimum absolute atomic E-state index is 0.0161.